The second kappa shape index (κ2) is 7.59. The summed E-state index contributed by atoms with van der Waals surface area (Å²) in [6.45, 7) is 2.14. The van der Waals surface area contributed by atoms with E-state index < -0.39 is 6.09 Å². The van der Waals surface area contributed by atoms with Gasteiger partial charge < -0.3 is 4.74 Å². The normalized spacial score (nSPS) is 10.5. The first-order valence-corrected chi connectivity index (χ1v) is 8.19. The monoisotopic (exact) mass is 320 g/mol. The summed E-state index contributed by atoms with van der Waals surface area (Å²) in [5.74, 6) is 0.513. The first-order valence-electron chi connectivity index (χ1n) is 8.19. The van der Waals surface area contributed by atoms with Gasteiger partial charge in [-0.2, -0.15) is 0 Å². The van der Waals surface area contributed by atoms with Crippen LogP contribution in [-0.2, 0) is 6.42 Å². The molecule has 0 aliphatic heterocycles. The number of para-hydroxylation sites is 2. The predicted molar refractivity (Wildman–Crippen MR) is 96.4 cm³/mol. The summed E-state index contributed by atoms with van der Waals surface area (Å²) in [6.07, 6.45) is 2.41. The molecule has 0 radical (unpaired) electrons. The van der Waals surface area contributed by atoms with Crippen LogP contribution >= 0.6 is 0 Å². The van der Waals surface area contributed by atoms with Gasteiger partial charge in [0.05, 0.1) is 16.9 Å². The number of amides is 1. The highest BCUT2D eigenvalue weighted by molar-refractivity contribution is 5.91. The van der Waals surface area contributed by atoms with Crippen molar-refractivity contribution in [3.8, 4) is 5.75 Å². The van der Waals surface area contributed by atoms with Crippen molar-refractivity contribution in [1.82, 2.24) is 4.98 Å². The summed E-state index contributed by atoms with van der Waals surface area (Å²) >= 11 is 0. The minimum Gasteiger partial charge on any atom is -0.410 e. The van der Waals surface area contributed by atoms with Gasteiger partial charge in [-0.15, -0.1) is 0 Å². The number of pyridine rings is 1. The number of hydrogen-bond acceptors (Lipinski definition) is 3. The van der Waals surface area contributed by atoms with Crippen LogP contribution in [0, 0.1) is 0 Å². The van der Waals surface area contributed by atoms with Crippen LogP contribution < -0.4 is 10.1 Å². The van der Waals surface area contributed by atoms with Crippen molar-refractivity contribution < 1.29 is 9.53 Å². The van der Waals surface area contributed by atoms with E-state index in [9.17, 15) is 4.79 Å². The number of aryl methyl sites for hydroxylation is 1. The molecule has 0 bridgehead atoms. The molecule has 24 heavy (non-hydrogen) atoms. The topological polar surface area (TPSA) is 51.2 Å². The van der Waals surface area contributed by atoms with Gasteiger partial charge in [0.25, 0.3) is 0 Å². The van der Waals surface area contributed by atoms with Crippen LogP contribution in [0.3, 0.4) is 0 Å². The fourth-order valence-electron chi connectivity index (χ4n) is 2.53. The van der Waals surface area contributed by atoms with Gasteiger partial charge >= 0.3 is 6.09 Å². The number of anilines is 1. The lowest BCUT2D eigenvalue weighted by molar-refractivity contribution is 0.215. The highest BCUT2D eigenvalue weighted by Crippen LogP contribution is 2.23. The van der Waals surface area contributed by atoms with E-state index in [-0.39, 0.29) is 0 Å². The second-order valence-electron chi connectivity index (χ2n) is 5.61. The minimum atomic E-state index is -0.504. The minimum absolute atomic E-state index is 0.504. The molecule has 0 aliphatic carbocycles. The van der Waals surface area contributed by atoms with E-state index in [1.54, 1.807) is 12.1 Å². The molecule has 0 aliphatic rings. The highest BCUT2D eigenvalue weighted by atomic mass is 16.6. The van der Waals surface area contributed by atoms with Gasteiger partial charge in [0.15, 0.2) is 0 Å². The number of fused-ring (bicyclic) bond motifs is 1. The van der Waals surface area contributed by atoms with Gasteiger partial charge in [0.1, 0.15) is 5.75 Å². The molecule has 0 atom stereocenters. The predicted octanol–water partition coefficient (Wildman–Crippen LogP) is 5.19. The number of aromatic nitrogens is 1. The summed E-state index contributed by atoms with van der Waals surface area (Å²) < 4.78 is 5.31. The van der Waals surface area contributed by atoms with Crippen LogP contribution in [0.4, 0.5) is 10.5 Å². The lowest BCUT2D eigenvalue weighted by Crippen LogP contribution is -2.18. The van der Waals surface area contributed by atoms with Crippen molar-refractivity contribution in [2.75, 3.05) is 5.32 Å². The maximum atomic E-state index is 12.2. The molecule has 2 aromatic carbocycles. The molecular formula is C20H20N2O2. The molecule has 1 N–H and O–H groups in total. The van der Waals surface area contributed by atoms with E-state index in [1.807, 2.05) is 48.5 Å². The van der Waals surface area contributed by atoms with E-state index >= 15 is 0 Å². The maximum absolute atomic E-state index is 12.2. The average Bonchev–Trinajstić information content (AvgIpc) is 2.60. The molecule has 4 heteroatoms. The van der Waals surface area contributed by atoms with Crippen molar-refractivity contribution in [2.45, 2.75) is 26.2 Å². The lowest BCUT2D eigenvalue weighted by atomic mass is 10.1. The summed E-state index contributed by atoms with van der Waals surface area (Å²) in [7, 11) is 0. The molecule has 4 nitrogen and oxygen atoms in total. The van der Waals surface area contributed by atoms with E-state index in [4.69, 9.17) is 9.72 Å². The number of unbranched alkanes of at least 4 members (excludes halogenated alkanes) is 1. The molecule has 0 spiro atoms. The Morgan fingerprint density at radius 2 is 1.83 bits per heavy atom. The number of ether oxygens (including phenoxy) is 1. The van der Waals surface area contributed by atoms with Gasteiger partial charge in [-0.25, -0.2) is 4.79 Å². The number of carbonyl (C=O) groups excluding carboxylic acids is 1. The summed E-state index contributed by atoms with van der Waals surface area (Å²) in [5.41, 5.74) is 2.54. The standard InChI is InChI=1S/C20H20N2O2/c1-2-3-12-18-19(14-15-9-7-8-13-17(15)21-18)22-20(23)24-16-10-5-4-6-11-16/h4-11,13-14H,2-3,12H2,1H3,(H,22,23). The lowest BCUT2D eigenvalue weighted by Gasteiger charge is -2.12. The Morgan fingerprint density at radius 3 is 2.62 bits per heavy atom. The first-order chi connectivity index (χ1) is 11.8. The Hall–Kier alpha value is -2.88. The van der Waals surface area contributed by atoms with E-state index in [1.165, 1.54) is 0 Å². The highest BCUT2D eigenvalue weighted by Gasteiger charge is 2.11. The van der Waals surface area contributed by atoms with Crippen molar-refractivity contribution >= 4 is 22.7 Å². The van der Waals surface area contributed by atoms with Crippen LogP contribution in [-0.4, -0.2) is 11.1 Å². The molecule has 1 aromatic heterocycles. The summed E-state index contributed by atoms with van der Waals surface area (Å²) in [5, 5.41) is 3.83. The van der Waals surface area contributed by atoms with Crippen LogP contribution in [0.5, 0.6) is 5.75 Å². The Kier molecular flexibility index (Phi) is 5.06. The zero-order valence-corrected chi connectivity index (χ0v) is 13.7. The largest absolute Gasteiger partial charge is 0.417 e. The second-order valence-corrected chi connectivity index (χ2v) is 5.61. The third kappa shape index (κ3) is 3.90. The number of carbonyl (C=O) groups is 1. The third-order valence-electron chi connectivity index (χ3n) is 3.76. The Bertz CT molecular complexity index is 831. The third-order valence-corrected chi connectivity index (χ3v) is 3.76. The summed E-state index contributed by atoms with van der Waals surface area (Å²) in [6, 6.07) is 18.9. The molecule has 3 aromatic rings. The molecule has 3 rings (SSSR count). The van der Waals surface area contributed by atoms with E-state index in [0.29, 0.717) is 11.4 Å². The van der Waals surface area contributed by atoms with E-state index in [0.717, 1.165) is 35.9 Å². The van der Waals surface area contributed by atoms with Crippen molar-refractivity contribution in [3.63, 3.8) is 0 Å². The zero-order chi connectivity index (χ0) is 16.8. The molecule has 0 unspecified atom stereocenters. The fraction of sp³-hybridized carbons (Fsp3) is 0.200. The number of nitrogens with one attached hydrogen (secondary N) is 1. The molecular weight excluding hydrogens is 300 g/mol. The Balaban J connectivity index is 1.84. The first kappa shape index (κ1) is 16.0. The smallest absolute Gasteiger partial charge is 0.410 e. The average molecular weight is 320 g/mol. The molecule has 0 saturated carbocycles. The molecule has 1 amide bonds. The van der Waals surface area contributed by atoms with Crippen molar-refractivity contribution in [2.24, 2.45) is 0 Å². The Labute approximate surface area is 141 Å². The van der Waals surface area contributed by atoms with Crippen LogP contribution in [0.25, 0.3) is 10.9 Å². The molecule has 122 valence electrons. The maximum Gasteiger partial charge on any atom is 0.417 e. The molecule has 0 fully saturated rings. The van der Waals surface area contributed by atoms with Gasteiger partial charge in [-0.05, 0) is 37.1 Å². The fourth-order valence-corrected chi connectivity index (χ4v) is 2.53. The van der Waals surface area contributed by atoms with Crippen LogP contribution in [0.1, 0.15) is 25.5 Å². The number of nitrogens with zero attached hydrogens (tertiary/aromatic N) is 1. The van der Waals surface area contributed by atoms with E-state index in [2.05, 4.69) is 12.2 Å². The van der Waals surface area contributed by atoms with Crippen molar-refractivity contribution in [1.29, 1.82) is 0 Å². The quantitative estimate of drug-likeness (QED) is 0.704. The SMILES string of the molecule is CCCCc1nc2ccccc2cc1NC(=O)Oc1ccccc1. The number of rotatable bonds is 5. The van der Waals surface area contributed by atoms with Gasteiger partial charge in [-0.3, -0.25) is 10.3 Å². The zero-order valence-electron chi connectivity index (χ0n) is 13.7. The number of hydrogen-bond donors (Lipinski definition) is 1. The number of benzene rings is 2. The van der Waals surface area contributed by atoms with Gasteiger partial charge in [-0.1, -0.05) is 49.7 Å². The van der Waals surface area contributed by atoms with Gasteiger partial charge in [0.2, 0.25) is 0 Å². The molecule has 0 saturated heterocycles. The summed E-state index contributed by atoms with van der Waals surface area (Å²) in [4.78, 5) is 16.9. The van der Waals surface area contributed by atoms with Gasteiger partial charge in [0, 0.05) is 5.39 Å². The Morgan fingerprint density at radius 1 is 1.08 bits per heavy atom. The molecule has 1 heterocycles. The van der Waals surface area contributed by atoms with Crippen LogP contribution in [0.2, 0.25) is 0 Å². The van der Waals surface area contributed by atoms with Crippen LogP contribution in [0.15, 0.2) is 60.7 Å². The van der Waals surface area contributed by atoms with Crippen molar-refractivity contribution in [3.05, 3.63) is 66.4 Å².